The van der Waals surface area contributed by atoms with Crippen LogP contribution in [0.1, 0.15) is 25.0 Å². The minimum atomic E-state index is -3.65. The number of carbonyl (C=O) groups excluding carboxylic acids is 1. The summed E-state index contributed by atoms with van der Waals surface area (Å²) in [6.45, 7) is 6.28. The van der Waals surface area contributed by atoms with Crippen molar-refractivity contribution in [2.75, 3.05) is 17.2 Å². The first-order valence-electron chi connectivity index (χ1n) is 8.78. The number of nitrogens with one attached hydrogen (secondary N) is 1. The van der Waals surface area contributed by atoms with E-state index in [1.54, 1.807) is 31.2 Å². The molecule has 0 aromatic heterocycles. The lowest BCUT2D eigenvalue weighted by Crippen LogP contribution is -2.47. The Morgan fingerprint density at radius 1 is 1.19 bits per heavy atom. The molecule has 1 N–H and O–H groups in total. The van der Waals surface area contributed by atoms with Gasteiger partial charge in [-0.15, -0.1) is 0 Å². The van der Waals surface area contributed by atoms with Gasteiger partial charge in [0.1, 0.15) is 11.8 Å². The summed E-state index contributed by atoms with van der Waals surface area (Å²) in [7, 11) is -3.65. The van der Waals surface area contributed by atoms with Gasteiger partial charge in [-0.2, -0.15) is 0 Å². The third-order valence-electron chi connectivity index (χ3n) is 4.04. The maximum Gasteiger partial charge on any atom is 0.243 e. The van der Waals surface area contributed by atoms with Gasteiger partial charge in [0.05, 0.1) is 18.6 Å². The standard InChI is InChI=1S/C20H26N2O4S/c1-5-26-19-11-9-18(10-12-19)22(27(4,24)25)16(3)20(23)21-14-17-8-6-7-15(2)13-17/h6-13,16H,5,14H2,1-4H3,(H,21,23)/t16-/m0/s1. The number of anilines is 1. The molecule has 2 aromatic carbocycles. The van der Waals surface area contributed by atoms with Gasteiger partial charge in [0.15, 0.2) is 0 Å². The molecule has 0 saturated carbocycles. The van der Waals surface area contributed by atoms with Crippen LogP contribution in [-0.2, 0) is 21.4 Å². The van der Waals surface area contributed by atoms with Crippen molar-refractivity contribution in [2.45, 2.75) is 33.4 Å². The fraction of sp³-hybridized carbons (Fsp3) is 0.350. The van der Waals surface area contributed by atoms with Gasteiger partial charge in [0.2, 0.25) is 15.9 Å². The number of rotatable bonds is 8. The molecule has 1 atom stereocenters. The third-order valence-corrected chi connectivity index (χ3v) is 5.28. The number of nitrogens with zero attached hydrogens (tertiary/aromatic N) is 1. The van der Waals surface area contributed by atoms with Crippen LogP contribution in [0.25, 0.3) is 0 Å². The van der Waals surface area contributed by atoms with Gasteiger partial charge in [-0.25, -0.2) is 8.42 Å². The summed E-state index contributed by atoms with van der Waals surface area (Å²) >= 11 is 0. The van der Waals surface area contributed by atoms with E-state index in [2.05, 4.69) is 5.32 Å². The Morgan fingerprint density at radius 2 is 1.85 bits per heavy atom. The lowest BCUT2D eigenvalue weighted by molar-refractivity contribution is -0.122. The van der Waals surface area contributed by atoms with Gasteiger partial charge in [-0.05, 0) is 50.6 Å². The summed E-state index contributed by atoms with van der Waals surface area (Å²) in [5.41, 5.74) is 2.48. The molecule has 146 valence electrons. The van der Waals surface area contributed by atoms with Crippen LogP contribution in [0.15, 0.2) is 48.5 Å². The Kier molecular flexibility index (Phi) is 6.85. The second-order valence-electron chi connectivity index (χ2n) is 6.37. The Balaban J connectivity index is 2.16. The molecule has 0 unspecified atom stereocenters. The Labute approximate surface area is 161 Å². The Hall–Kier alpha value is -2.54. The molecule has 0 spiro atoms. The van der Waals surface area contributed by atoms with Crippen molar-refractivity contribution in [3.8, 4) is 5.75 Å². The van der Waals surface area contributed by atoms with E-state index in [1.807, 2.05) is 38.1 Å². The smallest absolute Gasteiger partial charge is 0.243 e. The Morgan fingerprint density at radius 3 is 2.41 bits per heavy atom. The van der Waals surface area contributed by atoms with Crippen molar-refractivity contribution >= 4 is 21.6 Å². The summed E-state index contributed by atoms with van der Waals surface area (Å²) in [6.07, 6.45) is 1.09. The van der Waals surface area contributed by atoms with Gasteiger partial charge >= 0.3 is 0 Å². The highest BCUT2D eigenvalue weighted by Crippen LogP contribution is 2.24. The largest absolute Gasteiger partial charge is 0.494 e. The minimum Gasteiger partial charge on any atom is -0.494 e. The summed E-state index contributed by atoms with van der Waals surface area (Å²) < 4.78 is 31.1. The van der Waals surface area contributed by atoms with Crippen LogP contribution in [-0.4, -0.2) is 33.2 Å². The first kappa shape index (κ1) is 20.8. The highest BCUT2D eigenvalue weighted by molar-refractivity contribution is 7.92. The van der Waals surface area contributed by atoms with Gasteiger partial charge in [0, 0.05) is 6.54 Å². The lowest BCUT2D eigenvalue weighted by atomic mass is 10.1. The van der Waals surface area contributed by atoms with Gasteiger partial charge in [-0.3, -0.25) is 9.10 Å². The minimum absolute atomic E-state index is 0.339. The number of carbonyl (C=O) groups is 1. The molecule has 0 fully saturated rings. The summed E-state index contributed by atoms with van der Waals surface area (Å²) in [5, 5.41) is 2.81. The van der Waals surface area contributed by atoms with E-state index in [1.165, 1.54) is 0 Å². The van der Waals surface area contributed by atoms with Crippen molar-refractivity contribution in [3.63, 3.8) is 0 Å². The van der Waals surface area contributed by atoms with E-state index in [0.29, 0.717) is 24.6 Å². The summed E-state index contributed by atoms with van der Waals surface area (Å²) in [5.74, 6) is 0.280. The predicted octanol–water partition coefficient (Wildman–Crippen LogP) is 2.86. The van der Waals surface area contributed by atoms with Crippen LogP contribution in [0.4, 0.5) is 5.69 Å². The molecule has 2 rings (SSSR count). The van der Waals surface area contributed by atoms with Crippen molar-refractivity contribution in [1.82, 2.24) is 5.32 Å². The molecule has 27 heavy (non-hydrogen) atoms. The number of aryl methyl sites for hydroxylation is 1. The number of hydrogen-bond acceptors (Lipinski definition) is 4. The van der Waals surface area contributed by atoms with Crippen molar-refractivity contribution < 1.29 is 17.9 Å². The average Bonchev–Trinajstić information content (AvgIpc) is 2.60. The lowest BCUT2D eigenvalue weighted by Gasteiger charge is -2.28. The van der Waals surface area contributed by atoms with Crippen molar-refractivity contribution in [2.24, 2.45) is 0 Å². The van der Waals surface area contributed by atoms with E-state index in [-0.39, 0.29) is 5.91 Å². The highest BCUT2D eigenvalue weighted by atomic mass is 32.2. The molecule has 0 heterocycles. The normalized spacial score (nSPS) is 12.3. The monoisotopic (exact) mass is 390 g/mol. The zero-order valence-corrected chi connectivity index (χ0v) is 16.9. The number of ether oxygens (including phenoxy) is 1. The first-order chi connectivity index (χ1) is 12.7. The van der Waals surface area contributed by atoms with Crippen molar-refractivity contribution in [3.05, 3.63) is 59.7 Å². The highest BCUT2D eigenvalue weighted by Gasteiger charge is 2.29. The molecule has 0 aliphatic carbocycles. The van der Waals surface area contributed by atoms with E-state index in [9.17, 15) is 13.2 Å². The summed E-state index contributed by atoms with van der Waals surface area (Å²) in [6, 6.07) is 13.6. The second kappa shape index (κ2) is 8.90. The van der Waals surface area contributed by atoms with E-state index in [0.717, 1.165) is 21.7 Å². The van der Waals surface area contributed by atoms with Gasteiger partial charge < -0.3 is 10.1 Å². The van der Waals surface area contributed by atoms with E-state index in [4.69, 9.17) is 4.74 Å². The molecule has 0 bridgehead atoms. The van der Waals surface area contributed by atoms with Gasteiger partial charge in [-0.1, -0.05) is 29.8 Å². The number of amides is 1. The topological polar surface area (TPSA) is 75.7 Å². The maximum atomic E-state index is 12.6. The SMILES string of the molecule is CCOc1ccc(N([C@@H](C)C(=O)NCc2cccc(C)c2)S(C)(=O)=O)cc1. The molecular formula is C20H26N2O4S. The molecule has 2 aromatic rings. The second-order valence-corrected chi connectivity index (χ2v) is 8.23. The molecule has 1 amide bonds. The molecular weight excluding hydrogens is 364 g/mol. The van der Waals surface area contributed by atoms with Crippen LogP contribution in [0.3, 0.4) is 0 Å². The molecule has 0 aliphatic rings. The number of benzene rings is 2. The molecule has 0 saturated heterocycles. The zero-order valence-electron chi connectivity index (χ0n) is 16.1. The van der Waals surface area contributed by atoms with Crippen LogP contribution in [0, 0.1) is 6.92 Å². The van der Waals surface area contributed by atoms with Crippen LogP contribution < -0.4 is 14.4 Å². The third kappa shape index (κ3) is 5.72. The summed E-state index contributed by atoms with van der Waals surface area (Å²) in [4.78, 5) is 12.6. The number of hydrogen-bond donors (Lipinski definition) is 1. The predicted molar refractivity (Wildman–Crippen MR) is 107 cm³/mol. The fourth-order valence-corrected chi connectivity index (χ4v) is 4.00. The van der Waals surface area contributed by atoms with Crippen LogP contribution in [0.5, 0.6) is 5.75 Å². The maximum absolute atomic E-state index is 12.6. The molecule has 0 aliphatic heterocycles. The van der Waals surface area contributed by atoms with E-state index < -0.39 is 16.1 Å². The van der Waals surface area contributed by atoms with Crippen LogP contribution in [0.2, 0.25) is 0 Å². The Bertz CT molecular complexity index is 879. The van der Waals surface area contributed by atoms with Crippen molar-refractivity contribution in [1.29, 1.82) is 0 Å². The van der Waals surface area contributed by atoms with Crippen LogP contribution >= 0.6 is 0 Å². The zero-order chi connectivity index (χ0) is 20.0. The number of sulfonamides is 1. The quantitative estimate of drug-likeness (QED) is 0.752. The fourth-order valence-electron chi connectivity index (χ4n) is 2.82. The average molecular weight is 391 g/mol. The first-order valence-corrected chi connectivity index (χ1v) is 10.6. The van der Waals surface area contributed by atoms with E-state index >= 15 is 0 Å². The van der Waals surface area contributed by atoms with Gasteiger partial charge in [0.25, 0.3) is 0 Å². The molecule has 6 nitrogen and oxygen atoms in total. The molecule has 7 heteroatoms. The molecule has 0 radical (unpaired) electrons.